The molecule has 3 N–H and O–H groups in total. The molecular formula is C15H27N3O. The van der Waals surface area contributed by atoms with Crippen LogP contribution in [0, 0.1) is 0 Å². The van der Waals surface area contributed by atoms with Gasteiger partial charge in [0.05, 0.1) is 12.6 Å². The summed E-state index contributed by atoms with van der Waals surface area (Å²) in [6.07, 6.45) is 0.981. The van der Waals surface area contributed by atoms with Crippen LogP contribution in [0.1, 0.15) is 38.8 Å². The maximum Gasteiger partial charge on any atom is 0.124 e. The molecule has 0 heterocycles. The van der Waals surface area contributed by atoms with Crippen LogP contribution in [-0.4, -0.2) is 31.1 Å². The fraction of sp³-hybridized carbons (Fsp3) is 0.600. The quantitative estimate of drug-likeness (QED) is 0.587. The monoisotopic (exact) mass is 265 g/mol. The van der Waals surface area contributed by atoms with E-state index in [1.807, 2.05) is 25.1 Å². The number of benzene rings is 1. The van der Waals surface area contributed by atoms with Crippen LogP contribution in [0.15, 0.2) is 24.3 Å². The third-order valence-corrected chi connectivity index (χ3v) is 4.06. The van der Waals surface area contributed by atoms with Gasteiger partial charge in [-0.2, -0.15) is 0 Å². The van der Waals surface area contributed by atoms with Crippen molar-refractivity contribution in [3.05, 3.63) is 29.8 Å². The van der Waals surface area contributed by atoms with Gasteiger partial charge in [-0.25, -0.2) is 0 Å². The Hall–Kier alpha value is -1.10. The lowest BCUT2D eigenvalue weighted by molar-refractivity contribution is 0.111. The van der Waals surface area contributed by atoms with Gasteiger partial charge in [0, 0.05) is 11.1 Å². The predicted octanol–water partition coefficient (Wildman–Crippen LogP) is 2.32. The molecular weight excluding hydrogens is 238 g/mol. The van der Waals surface area contributed by atoms with E-state index < -0.39 is 0 Å². The molecule has 0 saturated heterocycles. The second-order valence-electron chi connectivity index (χ2n) is 5.18. The summed E-state index contributed by atoms with van der Waals surface area (Å²) in [6, 6.07) is 8.09. The molecule has 0 fully saturated rings. The van der Waals surface area contributed by atoms with Gasteiger partial charge in [-0.05, 0) is 40.4 Å². The second kappa shape index (κ2) is 6.89. The molecule has 0 spiro atoms. The maximum atomic E-state index is 5.84. The zero-order valence-electron chi connectivity index (χ0n) is 12.7. The highest BCUT2D eigenvalue weighted by Crippen LogP contribution is 2.36. The van der Waals surface area contributed by atoms with E-state index in [1.165, 1.54) is 0 Å². The first kappa shape index (κ1) is 16.0. The Bertz CT molecular complexity index is 395. The summed E-state index contributed by atoms with van der Waals surface area (Å²) < 4.78 is 5.73. The van der Waals surface area contributed by atoms with Gasteiger partial charge >= 0.3 is 0 Å². The van der Waals surface area contributed by atoms with E-state index in [9.17, 15) is 0 Å². The highest BCUT2D eigenvalue weighted by atomic mass is 16.5. The molecule has 1 rings (SSSR count). The zero-order chi connectivity index (χ0) is 14.5. The summed E-state index contributed by atoms with van der Waals surface area (Å²) in [6.45, 7) is 7.03. The smallest absolute Gasteiger partial charge is 0.124 e. The van der Waals surface area contributed by atoms with Gasteiger partial charge in [0.15, 0.2) is 0 Å². The van der Waals surface area contributed by atoms with Gasteiger partial charge in [0.1, 0.15) is 5.75 Å². The van der Waals surface area contributed by atoms with E-state index in [-0.39, 0.29) is 11.6 Å². The van der Waals surface area contributed by atoms with Crippen LogP contribution in [0.4, 0.5) is 0 Å². The fourth-order valence-electron chi connectivity index (χ4n) is 2.39. The zero-order valence-corrected chi connectivity index (χ0v) is 12.7. The minimum Gasteiger partial charge on any atom is -0.494 e. The van der Waals surface area contributed by atoms with Gasteiger partial charge in [0.2, 0.25) is 0 Å². The summed E-state index contributed by atoms with van der Waals surface area (Å²) in [5, 5.41) is 0. The standard InChI is InChI=1S/C15H27N3O/c1-6-15(3,18(4)5)14(17-16)12-10-8-9-11-13(12)19-7-2/h8-11,14,17H,6-7,16H2,1-5H3. The number of hydrogen-bond acceptors (Lipinski definition) is 4. The first-order valence-corrected chi connectivity index (χ1v) is 6.86. The van der Waals surface area contributed by atoms with Crippen molar-refractivity contribution in [1.82, 2.24) is 10.3 Å². The number of hydrogen-bond donors (Lipinski definition) is 2. The minimum absolute atomic E-state index is 0.00949. The van der Waals surface area contributed by atoms with Gasteiger partial charge < -0.3 is 9.64 Å². The van der Waals surface area contributed by atoms with E-state index in [1.54, 1.807) is 0 Å². The molecule has 2 unspecified atom stereocenters. The van der Waals surface area contributed by atoms with E-state index in [2.05, 4.69) is 44.3 Å². The van der Waals surface area contributed by atoms with Crippen molar-refractivity contribution in [3.8, 4) is 5.75 Å². The normalized spacial score (nSPS) is 16.2. The summed E-state index contributed by atoms with van der Waals surface area (Å²) in [4.78, 5) is 2.21. The molecule has 1 aromatic carbocycles. The minimum atomic E-state index is -0.0814. The number of nitrogens with zero attached hydrogens (tertiary/aromatic N) is 1. The Morgan fingerprint density at radius 3 is 2.42 bits per heavy atom. The molecule has 108 valence electrons. The molecule has 0 aromatic heterocycles. The van der Waals surface area contributed by atoms with Crippen LogP contribution in [0.2, 0.25) is 0 Å². The van der Waals surface area contributed by atoms with Gasteiger partial charge in [0.25, 0.3) is 0 Å². The molecule has 0 saturated carbocycles. The number of ether oxygens (including phenoxy) is 1. The molecule has 0 bridgehead atoms. The van der Waals surface area contributed by atoms with Crippen LogP contribution in [-0.2, 0) is 0 Å². The van der Waals surface area contributed by atoms with Crippen LogP contribution < -0.4 is 16.0 Å². The van der Waals surface area contributed by atoms with Crippen LogP contribution in [0.3, 0.4) is 0 Å². The third kappa shape index (κ3) is 3.26. The molecule has 0 amide bonds. The van der Waals surface area contributed by atoms with Crippen LogP contribution in [0.25, 0.3) is 0 Å². The van der Waals surface area contributed by atoms with E-state index in [0.29, 0.717) is 6.61 Å². The van der Waals surface area contributed by atoms with Crippen molar-refractivity contribution < 1.29 is 4.74 Å². The summed E-state index contributed by atoms with van der Waals surface area (Å²) in [5.74, 6) is 6.73. The molecule has 0 aliphatic rings. The first-order valence-electron chi connectivity index (χ1n) is 6.86. The highest BCUT2D eigenvalue weighted by molar-refractivity contribution is 5.37. The van der Waals surface area contributed by atoms with Crippen molar-refractivity contribution >= 4 is 0 Å². The Kier molecular flexibility index (Phi) is 5.79. The lowest BCUT2D eigenvalue weighted by Crippen LogP contribution is -2.53. The van der Waals surface area contributed by atoms with Crippen LogP contribution in [0.5, 0.6) is 5.75 Å². The lowest BCUT2D eigenvalue weighted by atomic mass is 9.83. The topological polar surface area (TPSA) is 50.5 Å². The highest BCUT2D eigenvalue weighted by Gasteiger charge is 2.36. The second-order valence-corrected chi connectivity index (χ2v) is 5.18. The predicted molar refractivity (Wildman–Crippen MR) is 80.1 cm³/mol. The van der Waals surface area contributed by atoms with E-state index >= 15 is 0 Å². The Morgan fingerprint density at radius 2 is 1.95 bits per heavy atom. The first-order chi connectivity index (χ1) is 9.01. The van der Waals surface area contributed by atoms with Crippen molar-refractivity contribution in [2.24, 2.45) is 5.84 Å². The average Bonchev–Trinajstić information content (AvgIpc) is 2.41. The van der Waals surface area contributed by atoms with Crippen molar-refractivity contribution in [3.63, 3.8) is 0 Å². The molecule has 0 radical (unpaired) electrons. The Morgan fingerprint density at radius 1 is 1.32 bits per heavy atom. The molecule has 0 aliphatic heterocycles. The summed E-state index contributed by atoms with van der Waals surface area (Å²) in [7, 11) is 4.16. The number of rotatable bonds is 7. The number of nitrogens with two attached hydrogens (primary N) is 1. The summed E-state index contributed by atoms with van der Waals surface area (Å²) in [5.41, 5.74) is 3.99. The van der Waals surface area contributed by atoms with Crippen LogP contribution >= 0.6 is 0 Å². The average molecular weight is 265 g/mol. The van der Waals surface area contributed by atoms with E-state index in [0.717, 1.165) is 17.7 Å². The number of hydrazine groups is 1. The van der Waals surface area contributed by atoms with Crippen molar-refractivity contribution in [2.75, 3.05) is 20.7 Å². The van der Waals surface area contributed by atoms with Gasteiger partial charge in [-0.1, -0.05) is 25.1 Å². The SMILES string of the molecule is CCOc1ccccc1C(NN)C(C)(CC)N(C)C. The van der Waals surface area contributed by atoms with Crippen molar-refractivity contribution in [2.45, 2.75) is 38.8 Å². The number of para-hydroxylation sites is 1. The molecule has 1 aromatic rings. The van der Waals surface area contributed by atoms with Crippen molar-refractivity contribution in [1.29, 1.82) is 0 Å². The Labute approximate surface area is 116 Å². The van der Waals surface area contributed by atoms with Gasteiger partial charge in [-0.15, -0.1) is 0 Å². The summed E-state index contributed by atoms with van der Waals surface area (Å²) >= 11 is 0. The van der Waals surface area contributed by atoms with Gasteiger partial charge in [-0.3, -0.25) is 11.3 Å². The largest absolute Gasteiger partial charge is 0.494 e. The molecule has 4 heteroatoms. The lowest BCUT2D eigenvalue weighted by Gasteiger charge is -2.42. The number of nitrogens with one attached hydrogen (secondary N) is 1. The van der Waals surface area contributed by atoms with E-state index in [4.69, 9.17) is 10.6 Å². The molecule has 0 aliphatic carbocycles. The Balaban J connectivity index is 3.23. The molecule has 19 heavy (non-hydrogen) atoms. The molecule has 4 nitrogen and oxygen atoms in total. The maximum absolute atomic E-state index is 5.84. The number of likely N-dealkylation sites (N-methyl/N-ethyl adjacent to an activating group) is 1. The third-order valence-electron chi connectivity index (χ3n) is 4.06. The fourth-order valence-corrected chi connectivity index (χ4v) is 2.39. The molecule has 2 atom stereocenters.